The normalized spacial score (nSPS) is 18.7. The largest absolute Gasteiger partial charge is 0.381 e. The van der Waals surface area contributed by atoms with Crippen molar-refractivity contribution < 1.29 is 9.53 Å². The van der Waals surface area contributed by atoms with Gasteiger partial charge in [0.25, 0.3) is 0 Å². The number of nitrogens with zero attached hydrogens (tertiary/aromatic N) is 4. The Kier molecular flexibility index (Phi) is 3.69. The fraction of sp³-hybridized carbons (Fsp3) is 0.455. The number of rotatable bonds is 4. The Balaban J connectivity index is 2.14. The minimum absolute atomic E-state index is 0.00490. The van der Waals surface area contributed by atoms with E-state index < -0.39 is 0 Å². The second-order valence-electron chi connectivity index (χ2n) is 3.83. The molecular formula is C11H12N4O2. The molecule has 6 heteroatoms. The lowest BCUT2D eigenvalue weighted by molar-refractivity contribution is 0.0895. The molecule has 1 aliphatic heterocycles. The maximum absolute atomic E-state index is 12.0. The third-order valence-electron chi connectivity index (χ3n) is 2.66. The van der Waals surface area contributed by atoms with Crippen LogP contribution < -0.4 is 0 Å². The molecule has 0 N–H and O–H groups in total. The molecule has 1 aromatic rings. The van der Waals surface area contributed by atoms with Gasteiger partial charge in [-0.3, -0.25) is 4.79 Å². The summed E-state index contributed by atoms with van der Waals surface area (Å²) >= 11 is 0. The molecule has 1 unspecified atom stereocenters. The summed E-state index contributed by atoms with van der Waals surface area (Å²) in [7, 11) is 0. The van der Waals surface area contributed by atoms with Crippen molar-refractivity contribution in [2.45, 2.75) is 13.0 Å². The number of Topliss-reactive ketones (excluding diaryl/α,β-unsaturated/α-hetero) is 1. The fourth-order valence-electron chi connectivity index (χ4n) is 1.76. The first kappa shape index (κ1) is 11.6. The van der Waals surface area contributed by atoms with Crippen molar-refractivity contribution in [3.63, 3.8) is 0 Å². The molecule has 0 saturated carbocycles. The molecule has 1 aromatic heterocycles. The van der Waals surface area contributed by atoms with Gasteiger partial charge in [0.2, 0.25) is 0 Å². The van der Waals surface area contributed by atoms with Gasteiger partial charge in [-0.25, -0.2) is 4.98 Å². The lowest BCUT2D eigenvalue weighted by Crippen LogP contribution is -2.16. The fourth-order valence-corrected chi connectivity index (χ4v) is 1.76. The second-order valence-corrected chi connectivity index (χ2v) is 3.83. The van der Waals surface area contributed by atoms with Gasteiger partial charge in [-0.05, 0) is 24.1 Å². The predicted octanol–water partition coefficient (Wildman–Crippen LogP) is 2.11. The van der Waals surface area contributed by atoms with Gasteiger partial charge in [-0.15, -0.1) is 0 Å². The van der Waals surface area contributed by atoms with Crippen LogP contribution in [0, 0.1) is 5.92 Å². The van der Waals surface area contributed by atoms with E-state index in [0.29, 0.717) is 24.6 Å². The van der Waals surface area contributed by atoms with Crippen LogP contribution in [0.25, 0.3) is 10.4 Å². The highest BCUT2D eigenvalue weighted by atomic mass is 16.5. The Morgan fingerprint density at radius 3 is 3.24 bits per heavy atom. The summed E-state index contributed by atoms with van der Waals surface area (Å²) in [4.78, 5) is 18.9. The number of ketones is 1. The molecule has 2 rings (SSSR count). The number of carbonyl (C=O) groups excluding carboxylic acids is 1. The molecule has 0 spiro atoms. The topological polar surface area (TPSA) is 88.0 Å². The summed E-state index contributed by atoms with van der Waals surface area (Å²) in [6.07, 6.45) is 0.751. The van der Waals surface area contributed by atoms with Gasteiger partial charge in [0, 0.05) is 23.1 Å². The molecular weight excluding hydrogens is 220 g/mol. The molecule has 2 heterocycles. The van der Waals surface area contributed by atoms with Crippen LogP contribution in [0.4, 0.5) is 0 Å². The lowest BCUT2D eigenvalue weighted by atomic mass is 10.0. The predicted molar refractivity (Wildman–Crippen MR) is 60.3 cm³/mol. The van der Waals surface area contributed by atoms with Crippen molar-refractivity contribution in [3.05, 3.63) is 40.0 Å². The smallest absolute Gasteiger partial charge is 0.186 e. The molecule has 0 amide bonds. The summed E-state index contributed by atoms with van der Waals surface area (Å²) in [5.74, 6) is -0.0810. The minimum atomic E-state index is -0.0859. The van der Waals surface area contributed by atoms with Crippen LogP contribution in [0.1, 0.15) is 22.6 Å². The third kappa shape index (κ3) is 2.81. The SMILES string of the molecule is [N-]=[N+]=NCc1cccc(C(=O)C2CCOC2)n1. The number of aromatic nitrogens is 1. The van der Waals surface area contributed by atoms with Gasteiger partial charge in [0.15, 0.2) is 5.78 Å². The first-order chi connectivity index (χ1) is 8.31. The van der Waals surface area contributed by atoms with Crippen molar-refractivity contribution in [1.29, 1.82) is 0 Å². The number of azide groups is 1. The monoisotopic (exact) mass is 232 g/mol. The van der Waals surface area contributed by atoms with Crippen LogP contribution >= 0.6 is 0 Å². The Hall–Kier alpha value is -1.91. The van der Waals surface area contributed by atoms with Crippen molar-refractivity contribution >= 4 is 5.78 Å². The maximum atomic E-state index is 12.0. The standard InChI is InChI=1S/C11H12N4O2/c12-15-13-6-9-2-1-3-10(14-9)11(16)8-4-5-17-7-8/h1-3,8H,4-7H2. The summed E-state index contributed by atoms with van der Waals surface area (Å²) in [5, 5.41) is 3.42. The molecule has 1 aliphatic rings. The number of pyridine rings is 1. The van der Waals surface area contributed by atoms with E-state index in [1.54, 1.807) is 18.2 Å². The summed E-state index contributed by atoms with van der Waals surface area (Å²) in [6.45, 7) is 1.27. The van der Waals surface area contributed by atoms with Crippen LogP contribution in [-0.4, -0.2) is 24.0 Å². The highest BCUT2D eigenvalue weighted by molar-refractivity contribution is 5.96. The van der Waals surface area contributed by atoms with E-state index in [9.17, 15) is 4.79 Å². The van der Waals surface area contributed by atoms with E-state index in [1.165, 1.54) is 0 Å². The summed E-state index contributed by atoms with van der Waals surface area (Å²) in [5.41, 5.74) is 9.25. The molecule has 0 aliphatic carbocycles. The Morgan fingerprint density at radius 1 is 1.65 bits per heavy atom. The third-order valence-corrected chi connectivity index (χ3v) is 2.66. The van der Waals surface area contributed by atoms with Crippen LogP contribution in [0.2, 0.25) is 0 Å². The van der Waals surface area contributed by atoms with Crippen molar-refractivity contribution in [1.82, 2.24) is 4.98 Å². The summed E-state index contributed by atoms with van der Waals surface area (Å²) in [6, 6.07) is 5.16. The van der Waals surface area contributed by atoms with Gasteiger partial charge in [-0.2, -0.15) is 0 Å². The molecule has 1 saturated heterocycles. The van der Waals surface area contributed by atoms with Crippen molar-refractivity contribution in [2.24, 2.45) is 11.0 Å². The number of hydrogen-bond acceptors (Lipinski definition) is 4. The molecule has 1 atom stereocenters. The Bertz CT molecular complexity index is 462. The minimum Gasteiger partial charge on any atom is -0.381 e. The lowest BCUT2D eigenvalue weighted by Gasteiger charge is -2.06. The van der Waals surface area contributed by atoms with Crippen molar-refractivity contribution in [3.8, 4) is 0 Å². The first-order valence-electron chi connectivity index (χ1n) is 5.40. The van der Waals surface area contributed by atoms with Gasteiger partial charge in [-0.1, -0.05) is 11.2 Å². The number of hydrogen-bond donors (Lipinski definition) is 0. The highest BCUT2D eigenvalue weighted by Crippen LogP contribution is 2.17. The average molecular weight is 232 g/mol. The summed E-state index contributed by atoms with van der Waals surface area (Å²) < 4.78 is 5.18. The van der Waals surface area contributed by atoms with E-state index >= 15 is 0 Å². The van der Waals surface area contributed by atoms with Crippen LogP contribution in [0.5, 0.6) is 0 Å². The van der Waals surface area contributed by atoms with Crippen molar-refractivity contribution in [2.75, 3.05) is 13.2 Å². The van der Waals surface area contributed by atoms with Gasteiger partial charge < -0.3 is 4.74 Å². The van der Waals surface area contributed by atoms with E-state index in [-0.39, 0.29) is 18.2 Å². The molecule has 0 bridgehead atoms. The van der Waals surface area contributed by atoms with E-state index in [1.807, 2.05) is 0 Å². The average Bonchev–Trinajstić information content (AvgIpc) is 2.89. The highest BCUT2D eigenvalue weighted by Gasteiger charge is 2.25. The molecule has 17 heavy (non-hydrogen) atoms. The Morgan fingerprint density at radius 2 is 2.53 bits per heavy atom. The van der Waals surface area contributed by atoms with Gasteiger partial charge in [0.1, 0.15) is 5.69 Å². The number of ether oxygens (including phenoxy) is 1. The zero-order chi connectivity index (χ0) is 12.1. The van der Waals surface area contributed by atoms with Gasteiger partial charge >= 0.3 is 0 Å². The molecule has 88 valence electrons. The molecule has 1 fully saturated rings. The molecule has 0 radical (unpaired) electrons. The second kappa shape index (κ2) is 5.43. The quantitative estimate of drug-likeness (QED) is 0.344. The zero-order valence-corrected chi connectivity index (χ0v) is 9.24. The van der Waals surface area contributed by atoms with E-state index in [2.05, 4.69) is 15.0 Å². The molecule has 0 aromatic carbocycles. The van der Waals surface area contributed by atoms with E-state index in [0.717, 1.165) is 6.42 Å². The first-order valence-corrected chi connectivity index (χ1v) is 5.40. The number of carbonyl (C=O) groups is 1. The van der Waals surface area contributed by atoms with Crippen LogP contribution in [0.15, 0.2) is 23.3 Å². The van der Waals surface area contributed by atoms with Crippen LogP contribution in [0.3, 0.4) is 0 Å². The van der Waals surface area contributed by atoms with E-state index in [4.69, 9.17) is 10.3 Å². The molecule has 6 nitrogen and oxygen atoms in total. The Labute approximate surface area is 98.2 Å². The zero-order valence-electron chi connectivity index (χ0n) is 9.24. The van der Waals surface area contributed by atoms with Crippen LogP contribution in [-0.2, 0) is 11.3 Å². The van der Waals surface area contributed by atoms with Gasteiger partial charge in [0.05, 0.1) is 13.2 Å². The maximum Gasteiger partial charge on any atom is 0.186 e.